The third-order valence-corrected chi connectivity index (χ3v) is 4.14. The molecule has 2 rings (SSSR count). The molecule has 4 heteroatoms. The smallest absolute Gasteiger partial charge is 0.185 e. The highest BCUT2D eigenvalue weighted by Crippen LogP contribution is 2.23. The molecule has 0 radical (unpaired) electrons. The summed E-state index contributed by atoms with van der Waals surface area (Å²) >= 11 is 1.76. The number of rotatable bonds is 7. The van der Waals surface area contributed by atoms with Crippen molar-refractivity contribution in [3.8, 4) is 11.5 Å². The first-order valence-corrected chi connectivity index (χ1v) is 8.33. The Kier molecular flexibility index (Phi) is 6.29. The first kappa shape index (κ1) is 17.2. The van der Waals surface area contributed by atoms with Crippen molar-refractivity contribution in [2.75, 3.05) is 20.0 Å². The summed E-state index contributed by atoms with van der Waals surface area (Å²) in [5.74, 6) is 2.37. The second-order valence-electron chi connectivity index (χ2n) is 4.80. The summed E-state index contributed by atoms with van der Waals surface area (Å²) in [5, 5.41) is 0. The number of methoxy groups -OCH3 is 2. The highest BCUT2D eigenvalue weighted by atomic mass is 32.2. The number of ether oxygens (including phenoxy) is 2. The monoisotopic (exact) mass is 328 g/mol. The van der Waals surface area contributed by atoms with Crippen molar-refractivity contribution in [3.63, 3.8) is 0 Å². The molecule has 0 heterocycles. The topological polar surface area (TPSA) is 35.5 Å². The Balaban J connectivity index is 2.14. The van der Waals surface area contributed by atoms with Gasteiger partial charge in [-0.3, -0.25) is 4.79 Å². The maximum absolute atomic E-state index is 12.2. The minimum atomic E-state index is -0.0279. The molecule has 0 saturated heterocycles. The van der Waals surface area contributed by atoms with Gasteiger partial charge in [0, 0.05) is 16.5 Å². The number of hydrogen-bond acceptors (Lipinski definition) is 4. The minimum absolute atomic E-state index is 0.0279. The van der Waals surface area contributed by atoms with E-state index < -0.39 is 0 Å². The standard InChI is InChI=1S/C19H20O3S/c1-4-23-18-8-6-15(7-9-18)19(20)10-5-14-11-16(21-2)13-17(12-14)22-3/h5-13H,4H2,1-3H3. The van der Waals surface area contributed by atoms with Crippen LogP contribution in [-0.4, -0.2) is 25.8 Å². The Morgan fingerprint density at radius 3 is 2.17 bits per heavy atom. The number of benzene rings is 2. The van der Waals surface area contributed by atoms with E-state index in [2.05, 4.69) is 6.92 Å². The van der Waals surface area contributed by atoms with Crippen molar-refractivity contribution in [3.05, 3.63) is 59.7 Å². The maximum atomic E-state index is 12.2. The molecule has 0 N–H and O–H groups in total. The molecule has 120 valence electrons. The second-order valence-corrected chi connectivity index (χ2v) is 6.14. The molecule has 23 heavy (non-hydrogen) atoms. The first-order chi connectivity index (χ1) is 11.2. The molecule has 0 aliphatic rings. The number of carbonyl (C=O) groups is 1. The van der Waals surface area contributed by atoms with Gasteiger partial charge in [-0.15, -0.1) is 11.8 Å². The molecular weight excluding hydrogens is 308 g/mol. The van der Waals surface area contributed by atoms with E-state index in [1.807, 2.05) is 36.4 Å². The zero-order valence-corrected chi connectivity index (χ0v) is 14.4. The van der Waals surface area contributed by atoms with Gasteiger partial charge in [0.05, 0.1) is 14.2 Å². The van der Waals surface area contributed by atoms with Crippen LogP contribution in [0.1, 0.15) is 22.8 Å². The predicted octanol–water partition coefficient (Wildman–Crippen LogP) is 4.71. The lowest BCUT2D eigenvalue weighted by atomic mass is 10.1. The third-order valence-electron chi connectivity index (χ3n) is 3.25. The second kappa shape index (κ2) is 8.44. The highest BCUT2D eigenvalue weighted by molar-refractivity contribution is 7.99. The van der Waals surface area contributed by atoms with Gasteiger partial charge in [0.1, 0.15) is 11.5 Å². The van der Waals surface area contributed by atoms with E-state index in [9.17, 15) is 4.79 Å². The molecule has 0 amide bonds. The number of hydrogen-bond donors (Lipinski definition) is 0. The highest BCUT2D eigenvalue weighted by Gasteiger charge is 2.03. The van der Waals surface area contributed by atoms with Crippen LogP contribution in [0.25, 0.3) is 6.08 Å². The fourth-order valence-electron chi connectivity index (χ4n) is 2.08. The number of ketones is 1. The molecule has 0 aliphatic heterocycles. The van der Waals surface area contributed by atoms with Crippen molar-refractivity contribution in [2.45, 2.75) is 11.8 Å². The van der Waals surface area contributed by atoms with Gasteiger partial charge < -0.3 is 9.47 Å². The fraction of sp³-hybridized carbons (Fsp3) is 0.211. The van der Waals surface area contributed by atoms with Crippen molar-refractivity contribution in [1.29, 1.82) is 0 Å². The van der Waals surface area contributed by atoms with Crippen molar-refractivity contribution < 1.29 is 14.3 Å². The molecule has 2 aromatic carbocycles. The molecule has 0 fully saturated rings. The van der Waals surface area contributed by atoms with Crippen molar-refractivity contribution >= 4 is 23.6 Å². The summed E-state index contributed by atoms with van der Waals surface area (Å²) in [6.07, 6.45) is 3.33. The van der Waals surface area contributed by atoms with Gasteiger partial charge in [0.15, 0.2) is 5.78 Å². The van der Waals surface area contributed by atoms with E-state index in [1.165, 1.54) is 4.90 Å². The quantitative estimate of drug-likeness (QED) is 0.419. The van der Waals surface area contributed by atoms with Crippen LogP contribution in [0.5, 0.6) is 11.5 Å². The molecule has 2 aromatic rings. The van der Waals surface area contributed by atoms with Gasteiger partial charge in [-0.25, -0.2) is 0 Å². The Morgan fingerprint density at radius 1 is 1.04 bits per heavy atom. The van der Waals surface area contributed by atoms with E-state index in [0.717, 1.165) is 11.3 Å². The van der Waals surface area contributed by atoms with Crippen LogP contribution in [0.15, 0.2) is 53.4 Å². The normalized spacial score (nSPS) is 10.7. The van der Waals surface area contributed by atoms with Crippen molar-refractivity contribution in [2.24, 2.45) is 0 Å². The summed E-state index contributed by atoms with van der Waals surface area (Å²) in [5.41, 5.74) is 1.53. The lowest BCUT2D eigenvalue weighted by Crippen LogP contribution is -1.94. The van der Waals surface area contributed by atoms with Crippen LogP contribution in [-0.2, 0) is 0 Å². The molecular formula is C19H20O3S. The molecule has 0 atom stereocenters. The van der Waals surface area contributed by atoms with Crippen molar-refractivity contribution in [1.82, 2.24) is 0 Å². The first-order valence-electron chi connectivity index (χ1n) is 7.34. The third kappa shape index (κ3) is 4.89. The summed E-state index contributed by atoms with van der Waals surface area (Å²) in [4.78, 5) is 13.4. The van der Waals surface area contributed by atoms with Crippen LogP contribution < -0.4 is 9.47 Å². The molecule has 0 aliphatic carbocycles. The van der Waals surface area contributed by atoms with Gasteiger partial charge in [0.25, 0.3) is 0 Å². The molecule has 0 unspecified atom stereocenters. The van der Waals surface area contributed by atoms with Crippen LogP contribution in [0.4, 0.5) is 0 Å². The average molecular weight is 328 g/mol. The van der Waals surface area contributed by atoms with E-state index in [-0.39, 0.29) is 5.78 Å². The molecule has 0 bridgehead atoms. The van der Waals surface area contributed by atoms with Crippen LogP contribution in [0.3, 0.4) is 0 Å². The van der Waals surface area contributed by atoms with Crippen LogP contribution >= 0.6 is 11.8 Å². The lowest BCUT2D eigenvalue weighted by molar-refractivity contribution is 0.104. The Bertz CT molecular complexity index is 668. The van der Waals surface area contributed by atoms with E-state index in [0.29, 0.717) is 17.1 Å². The Morgan fingerprint density at radius 2 is 1.65 bits per heavy atom. The molecule has 0 spiro atoms. The zero-order chi connectivity index (χ0) is 16.7. The number of allylic oxidation sites excluding steroid dienone is 1. The average Bonchev–Trinajstić information content (AvgIpc) is 2.60. The lowest BCUT2D eigenvalue weighted by Gasteiger charge is -2.05. The van der Waals surface area contributed by atoms with E-state index >= 15 is 0 Å². The summed E-state index contributed by atoms with van der Waals surface area (Å²) < 4.78 is 10.4. The fourth-order valence-corrected chi connectivity index (χ4v) is 2.74. The van der Waals surface area contributed by atoms with E-state index in [1.54, 1.807) is 44.2 Å². The molecule has 0 aromatic heterocycles. The summed E-state index contributed by atoms with van der Waals surface area (Å²) in [6.45, 7) is 2.11. The zero-order valence-electron chi connectivity index (χ0n) is 13.5. The van der Waals surface area contributed by atoms with Gasteiger partial charge in [-0.05, 0) is 53.8 Å². The van der Waals surface area contributed by atoms with Crippen LogP contribution in [0.2, 0.25) is 0 Å². The predicted molar refractivity (Wildman–Crippen MR) is 95.8 cm³/mol. The van der Waals surface area contributed by atoms with Crippen LogP contribution in [0, 0.1) is 0 Å². The number of carbonyl (C=O) groups excluding carboxylic acids is 1. The van der Waals surface area contributed by atoms with E-state index in [4.69, 9.17) is 9.47 Å². The largest absolute Gasteiger partial charge is 0.497 e. The summed E-state index contributed by atoms with van der Waals surface area (Å²) in [6, 6.07) is 13.2. The maximum Gasteiger partial charge on any atom is 0.185 e. The van der Waals surface area contributed by atoms with Gasteiger partial charge >= 0.3 is 0 Å². The van der Waals surface area contributed by atoms with Gasteiger partial charge in [0.2, 0.25) is 0 Å². The Labute approximate surface area is 141 Å². The SMILES string of the molecule is CCSc1ccc(C(=O)C=Cc2cc(OC)cc(OC)c2)cc1. The Hall–Kier alpha value is -2.20. The van der Waals surface area contributed by atoms with Gasteiger partial charge in [-0.2, -0.15) is 0 Å². The number of thioether (sulfide) groups is 1. The molecule has 3 nitrogen and oxygen atoms in total. The summed E-state index contributed by atoms with van der Waals surface area (Å²) in [7, 11) is 3.20. The minimum Gasteiger partial charge on any atom is -0.497 e. The van der Waals surface area contributed by atoms with Gasteiger partial charge in [-0.1, -0.05) is 13.0 Å². The molecule has 0 saturated carbocycles.